The lowest BCUT2D eigenvalue weighted by Gasteiger charge is -2.20. The number of allylic oxidation sites excluding steroid dienone is 3. The van der Waals surface area contributed by atoms with Crippen LogP contribution in [0.3, 0.4) is 0 Å². The van der Waals surface area contributed by atoms with Gasteiger partial charge in [-0.2, -0.15) is 0 Å². The highest BCUT2D eigenvalue weighted by Gasteiger charge is 2.18. The third-order valence-electron chi connectivity index (χ3n) is 11.5. The van der Waals surface area contributed by atoms with Gasteiger partial charge in [0, 0.05) is 12.8 Å². The van der Waals surface area contributed by atoms with Crippen LogP contribution in [0.5, 0.6) is 0 Å². The molecule has 0 aromatic heterocycles. The van der Waals surface area contributed by atoms with E-state index in [1.54, 1.807) is 6.08 Å². The van der Waals surface area contributed by atoms with E-state index < -0.39 is 12.1 Å². The Labute approximate surface area is 354 Å². The maximum Gasteiger partial charge on any atom is 0.305 e. The van der Waals surface area contributed by atoms with Crippen LogP contribution in [0.1, 0.15) is 264 Å². The average molecular weight is 804 g/mol. The molecule has 2 atom stereocenters. The Bertz CT molecular complexity index is 889. The van der Waals surface area contributed by atoms with Crippen molar-refractivity contribution in [3.63, 3.8) is 0 Å². The Morgan fingerprint density at radius 2 is 0.825 bits per heavy atom. The second-order valence-corrected chi connectivity index (χ2v) is 17.1. The second kappa shape index (κ2) is 47.0. The highest BCUT2D eigenvalue weighted by molar-refractivity contribution is 5.76. The minimum Gasteiger partial charge on any atom is -0.466 e. The van der Waals surface area contributed by atoms with E-state index in [0.29, 0.717) is 19.4 Å². The van der Waals surface area contributed by atoms with Crippen molar-refractivity contribution in [2.24, 2.45) is 0 Å². The van der Waals surface area contributed by atoms with Gasteiger partial charge in [0.05, 0.1) is 25.4 Å². The number of aliphatic hydroxyl groups excluding tert-OH is 2. The molecule has 0 aliphatic heterocycles. The van der Waals surface area contributed by atoms with Gasteiger partial charge in [-0.15, -0.1) is 0 Å². The molecule has 2 unspecified atom stereocenters. The highest BCUT2D eigenvalue weighted by Crippen LogP contribution is 2.16. The molecule has 0 aromatic rings. The first-order valence-electron chi connectivity index (χ1n) is 25.1. The molecule has 0 saturated heterocycles. The van der Waals surface area contributed by atoms with E-state index in [9.17, 15) is 19.8 Å². The summed E-state index contributed by atoms with van der Waals surface area (Å²) in [6.45, 7) is 4.81. The van der Waals surface area contributed by atoms with E-state index in [0.717, 1.165) is 77.0 Å². The van der Waals surface area contributed by atoms with Gasteiger partial charge in [0.15, 0.2) is 0 Å². The summed E-state index contributed by atoms with van der Waals surface area (Å²) in [6.07, 6.45) is 54.6. The van der Waals surface area contributed by atoms with Crippen molar-refractivity contribution in [3.05, 3.63) is 24.3 Å². The number of rotatable bonds is 46. The molecule has 6 heteroatoms. The number of esters is 1. The predicted octanol–water partition coefficient (Wildman–Crippen LogP) is 14.7. The normalized spacial score (nSPS) is 12.8. The molecule has 0 heterocycles. The topological polar surface area (TPSA) is 95.9 Å². The third kappa shape index (κ3) is 43.7. The van der Waals surface area contributed by atoms with Gasteiger partial charge in [0.25, 0.3) is 0 Å². The number of nitrogens with one attached hydrogen (secondary N) is 1. The number of carbonyl (C=O) groups is 2. The highest BCUT2D eigenvalue weighted by atomic mass is 16.5. The molecule has 0 bridgehead atoms. The second-order valence-electron chi connectivity index (χ2n) is 17.1. The largest absolute Gasteiger partial charge is 0.466 e. The summed E-state index contributed by atoms with van der Waals surface area (Å²) >= 11 is 0. The van der Waals surface area contributed by atoms with Gasteiger partial charge < -0.3 is 20.3 Å². The zero-order valence-electron chi connectivity index (χ0n) is 38.1. The van der Waals surface area contributed by atoms with E-state index in [2.05, 4.69) is 31.3 Å². The fourth-order valence-corrected chi connectivity index (χ4v) is 7.57. The minimum absolute atomic E-state index is 0.0379. The molecule has 0 saturated carbocycles. The summed E-state index contributed by atoms with van der Waals surface area (Å²) in [7, 11) is 0. The van der Waals surface area contributed by atoms with Crippen molar-refractivity contribution < 1.29 is 24.5 Å². The Morgan fingerprint density at radius 1 is 0.474 bits per heavy atom. The van der Waals surface area contributed by atoms with Crippen molar-refractivity contribution in [1.29, 1.82) is 0 Å². The van der Waals surface area contributed by atoms with E-state index in [-0.39, 0.29) is 18.5 Å². The van der Waals surface area contributed by atoms with Gasteiger partial charge in [0.1, 0.15) is 0 Å². The molecule has 0 spiro atoms. The van der Waals surface area contributed by atoms with Crippen molar-refractivity contribution >= 4 is 11.9 Å². The lowest BCUT2D eigenvalue weighted by atomic mass is 10.0. The Hall–Kier alpha value is -1.66. The smallest absolute Gasteiger partial charge is 0.305 e. The van der Waals surface area contributed by atoms with E-state index in [1.165, 1.54) is 161 Å². The van der Waals surface area contributed by atoms with Crippen LogP contribution in [-0.2, 0) is 14.3 Å². The summed E-state index contributed by atoms with van der Waals surface area (Å²) in [5, 5.41) is 23.0. The van der Waals surface area contributed by atoms with Gasteiger partial charge in [-0.05, 0) is 57.8 Å². The first kappa shape index (κ1) is 55.3. The van der Waals surface area contributed by atoms with Gasteiger partial charge in [-0.25, -0.2) is 0 Å². The van der Waals surface area contributed by atoms with Crippen LogP contribution in [0, 0.1) is 0 Å². The SMILES string of the molecule is CCCCCCCCCCCCCCCCCC/C=C/C(O)C(CO)NC(=O)CCCCCC/C=C\CCCCOC(=O)CCCCCCCCCCCCCC. The number of unbranched alkanes of at least 4 members (excludes halogenated alkanes) is 33. The average Bonchev–Trinajstić information content (AvgIpc) is 3.21. The van der Waals surface area contributed by atoms with Gasteiger partial charge >= 0.3 is 5.97 Å². The molecular weight excluding hydrogens is 707 g/mol. The standard InChI is InChI=1S/C51H97NO5/c1-3-5-7-9-11-13-15-17-18-19-20-21-22-23-27-31-35-39-43-49(54)48(47-53)52-50(55)44-40-36-32-28-25-26-30-34-38-42-46-57-51(56)45-41-37-33-29-24-16-14-12-10-8-6-4-2/h26,30,39,43,48-49,53-54H,3-25,27-29,31-38,40-42,44-47H2,1-2H3,(H,52,55)/b30-26-,43-39+. The number of amides is 1. The lowest BCUT2D eigenvalue weighted by Crippen LogP contribution is -2.45. The molecule has 336 valence electrons. The van der Waals surface area contributed by atoms with E-state index >= 15 is 0 Å². The van der Waals surface area contributed by atoms with Crippen LogP contribution in [-0.4, -0.2) is 47.4 Å². The number of ether oxygens (including phenoxy) is 1. The molecule has 0 fully saturated rings. The maximum atomic E-state index is 12.4. The summed E-state index contributed by atoms with van der Waals surface area (Å²) in [5.41, 5.74) is 0. The fourth-order valence-electron chi connectivity index (χ4n) is 7.57. The van der Waals surface area contributed by atoms with Gasteiger partial charge in [-0.1, -0.05) is 218 Å². The number of aliphatic hydroxyl groups is 2. The molecule has 3 N–H and O–H groups in total. The Balaban J connectivity index is 3.58. The van der Waals surface area contributed by atoms with Gasteiger partial charge in [0.2, 0.25) is 5.91 Å². The quantitative estimate of drug-likeness (QED) is 0.0324. The number of hydrogen-bond acceptors (Lipinski definition) is 5. The van der Waals surface area contributed by atoms with Gasteiger partial charge in [-0.3, -0.25) is 9.59 Å². The molecule has 0 rings (SSSR count). The monoisotopic (exact) mass is 804 g/mol. The van der Waals surface area contributed by atoms with E-state index in [4.69, 9.17) is 4.74 Å². The fraction of sp³-hybridized carbons (Fsp3) is 0.882. The van der Waals surface area contributed by atoms with Crippen LogP contribution >= 0.6 is 0 Å². The molecule has 6 nitrogen and oxygen atoms in total. The molecule has 1 amide bonds. The maximum absolute atomic E-state index is 12.4. The Kier molecular flexibility index (Phi) is 45.7. The summed E-state index contributed by atoms with van der Waals surface area (Å²) < 4.78 is 5.42. The van der Waals surface area contributed by atoms with Crippen LogP contribution < -0.4 is 5.32 Å². The third-order valence-corrected chi connectivity index (χ3v) is 11.5. The minimum atomic E-state index is -0.865. The molecule has 0 aliphatic rings. The van der Waals surface area contributed by atoms with Crippen LogP contribution in [0.4, 0.5) is 0 Å². The lowest BCUT2D eigenvalue weighted by molar-refractivity contribution is -0.143. The van der Waals surface area contributed by atoms with Crippen LogP contribution in [0.25, 0.3) is 0 Å². The first-order valence-corrected chi connectivity index (χ1v) is 25.1. The molecule has 0 radical (unpaired) electrons. The molecule has 0 aromatic carbocycles. The van der Waals surface area contributed by atoms with Crippen LogP contribution in [0.15, 0.2) is 24.3 Å². The summed E-state index contributed by atoms with van der Waals surface area (Å²) in [5.74, 6) is -0.140. The molecule has 57 heavy (non-hydrogen) atoms. The van der Waals surface area contributed by atoms with Crippen LogP contribution in [0.2, 0.25) is 0 Å². The Morgan fingerprint density at radius 3 is 1.25 bits per heavy atom. The summed E-state index contributed by atoms with van der Waals surface area (Å²) in [6, 6.07) is -0.652. The first-order chi connectivity index (χ1) is 28.0. The zero-order chi connectivity index (χ0) is 41.5. The van der Waals surface area contributed by atoms with Crippen molar-refractivity contribution in [1.82, 2.24) is 5.32 Å². The number of hydrogen-bond donors (Lipinski definition) is 3. The number of carbonyl (C=O) groups excluding carboxylic acids is 2. The zero-order valence-corrected chi connectivity index (χ0v) is 38.1. The van der Waals surface area contributed by atoms with Crippen molar-refractivity contribution in [3.8, 4) is 0 Å². The molecular formula is C51H97NO5. The molecule has 0 aliphatic carbocycles. The van der Waals surface area contributed by atoms with Crippen molar-refractivity contribution in [2.75, 3.05) is 13.2 Å². The van der Waals surface area contributed by atoms with Crippen molar-refractivity contribution in [2.45, 2.75) is 276 Å². The summed E-state index contributed by atoms with van der Waals surface area (Å²) in [4.78, 5) is 24.4. The predicted molar refractivity (Wildman–Crippen MR) is 246 cm³/mol. The van der Waals surface area contributed by atoms with E-state index in [1.807, 2.05) is 6.08 Å².